The van der Waals surface area contributed by atoms with Gasteiger partial charge >= 0.3 is 5.97 Å². The lowest BCUT2D eigenvalue weighted by Gasteiger charge is -2.07. The van der Waals surface area contributed by atoms with Gasteiger partial charge in [0.1, 0.15) is 5.75 Å². The molecule has 0 aromatic heterocycles. The molecule has 1 aromatic carbocycles. The van der Waals surface area contributed by atoms with Gasteiger partial charge in [0.2, 0.25) is 0 Å². The number of benzene rings is 1. The van der Waals surface area contributed by atoms with Crippen LogP contribution in [0.25, 0.3) is 0 Å². The third kappa shape index (κ3) is 5.87. The van der Waals surface area contributed by atoms with Crippen LogP contribution in [0.4, 0.5) is 0 Å². The summed E-state index contributed by atoms with van der Waals surface area (Å²) in [5.74, 6) is -0.932. The molecule has 0 unspecified atom stereocenters. The van der Waals surface area contributed by atoms with E-state index in [0.29, 0.717) is 18.9 Å². The molecule has 104 valence electrons. The Bertz CT molecular complexity index is 433. The summed E-state index contributed by atoms with van der Waals surface area (Å²) >= 11 is 0. The smallest absolute Gasteiger partial charge is 0.335 e. The van der Waals surface area contributed by atoms with E-state index in [2.05, 4.69) is 5.32 Å². The first kappa shape index (κ1) is 15.0. The van der Waals surface area contributed by atoms with Crippen LogP contribution in [0.3, 0.4) is 0 Å². The van der Waals surface area contributed by atoms with Gasteiger partial charge in [-0.2, -0.15) is 0 Å². The summed E-state index contributed by atoms with van der Waals surface area (Å²) in [6, 6.07) is 6.00. The Kier molecular flexibility index (Phi) is 6.38. The van der Waals surface area contributed by atoms with Crippen molar-refractivity contribution in [1.82, 2.24) is 5.32 Å². The maximum Gasteiger partial charge on any atom is 0.335 e. The van der Waals surface area contributed by atoms with E-state index in [0.717, 1.165) is 6.42 Å². The SMILES string of the molecule is COCCCNC(=O)COc1cccc(C(=O)O)c1. The molecule has 0 aliphatic rings. The van der Waals surface area contributed by atoms with E-state index in [1.54, 1.807) is 19.2 Å². The van der Waals surface area contributed by atoms with E-state index in [1.165, 1.54) is 12.1 Å². The summed E-state index contributed by atoms with van der Waals surface area (Å²) in [6.45, 7) is 0.961. The quantitative estimate of drug-likeness (QED) is 0.684. The van der Waals surface area contributed by atoms with E-state index < -0.39 is 5.97 Å². The van der Waals surface area contributed by atoms with Gasteiger partial charge in [0.25, 0.3) is 5.91 Å². The van der Waals surface area contributed by atoms with Crippen molar-refractivity contribution >= 4 is 11.9 Å². The fraction of sp³-hybridized carbons (Fsp3) is 0.385. The van der Waals surface area contributed by atoms with E-state index in [9.17, 15) is 9.59 Å². The van der Waals surface area contributed by atoms with Crippen LogP contribution in [0.15, 0.2) is 24.3 Å². The molecule has 19 heavy (non-hydrogen) atoms. The van der Waals surface area contributed by atoms with Crippen LogP contribution in [-0.2, 0) is 9.53 Å². The number of ether oxygens (including phenoxy) is 2. The Balaban J connectivity index is 2.33. The Labute approximate surface area is 111 Å². The Morgan fingerprint density at radius 3 is 2.84 bits per heavy atom. The second-order valence-electron chi connectivity index (χ2n) is 3.82. The summed E-state index contributed by atoms with van der Waals surface area (Å²) in [4.78, 5) is 22.2. The van der Waals surface area contributed by atoms with E-state index in [1.807, 2.05) is 0 Å². The zero-order valence-corrected chi connectivity index (χ0v) is 10.7. The minimum atomic E-state index is -1.03. The summed E-state index contributed by atoms with van der Waals surface area (Å²) in [5.41, 5.74) is 0.123. The van der Waals surface area contributed by atoms with Gasteiger partial charge in [0.15, 0.2) is 6.61 Å². The first-order valence-corrected chi connectivity index (χ1v) is 5.85. The zero-order valence-electron chi connectivity index (χ0n) is 10.7. The molecule has 0 radical (unpaired) electrons. The van der Waals surface area contributed by atoms with Gasteiger partial charge in [-0.25, -0.2) is 4.79 Å². The first-order chi connectivity index (χ1) is 9.13. The largest absolute Gasteiger partial charge is 0.484 e. The number of hydrogen-bond acceptors (Lipinski definition) is 4. The highest BCUT2D eigenvalue weighted by Crippen LogP contribution is 2.12. The van der Waals surface area contributed by atoms with Crippen molar-refractivity contribution < 1.29 is 24.2 Å². The van der Waals surface area contributed by atoms with Crippen LogP contribution in [0, 0.1) is 0 Å². The number of hydrogen-bond donors (Lipinski definition) is 2. The van der Waals surface area contributed by atoms with Crippen molar-refractivity contribution in [2.24, 2.45) is 0 Å². The fourth-order valence-corrected chi connectivity index (χ4v) is 1.36. The van der Waals surface area contributed by atoms with Crippen LogP contribution < -0.4 is 10.1 Å². The molecule has 1 aromatic rings. The second kappa shape index (κ2) is 8.10. The number of aromatic carboxylic acids is 1. The minimum absolute atomic E-state index is 0.123. The molecule has 6 heteroatoms. The average molecular weight is 267 g/mol. The number of carbonyl (C=O) groups excluding carboxylic acids is 1. The second-order valence-corrected chi connectivity index (χ2v) is 3.82. The van der Waals surface area contributed by atoms with Gasteiger partial charge < -0.3 is 19.9 Å². The molecule has 0 saturated carbocycles. The van der Waals surface area contributed by atoms with Gasteiger partial charge in [0, 0.05) is 20.3 Å². The number of carboxylic acid groups (broad SMARTS) is 1. The molecule has 0 bridgehead atoms. The van der Waals surface area contributed by atoms with Gasteiger partial charge in [-0.15, -0.1) is 0 Å². The molecule has 2 N–H and O–H groups in total. The average Bonchev–Trinajstić information content (AvgIpc) is 2.41. The molecule has 6 nitrogen and oxygen atoms in total. The molecule has 1 rings (SSSR count). The standard InChI is InChI=1S/C13H17NO5/c1-18-7-3-6-14-12(15)9-19-11-5-2-4-10(8-11)13(16)17/h2,4-5,8H,3,6-7,9H2,1H3,(H,14,15)(H,16,17). The highest BCUT2D eigenvalue weighted by Gasteiger charge is 2.05. The van der Waals surface area contributed by atoms with Crippen LogP contribution in [0.5, 0.6) is 5.75 Å². The summed E-state index contributed by atoms with van der Waals surface area (Å²) < 4.78 is 10.1. The van der Waals surface area contributed by atoms with Gasteiger partial charge in [-0.1, -0.05) is 6.07 Å². The Hall–Kier alpha value is -2.08. The van der Waals surface area contributed by atoms with Crippen molar-refractivity contribution in [3.05, 3.63) is 29.8 Å². The topological polar surface area (TPSA) is 84.9 Å². The number of carbonyl (C=O) groups is 2. The lowest BCUT2D eigenvalue weighted by molar-refractivity contribution is -0.123. The zero-order chi connectivity index (χ0) is 14.1. The predicted molar refractivity (Wildman–Crippen MR) is 68.4 cm³/mol. The highest BCUT2D eigenvalue weighted by atomic mass is 16.5. The monoisotopic (exact) mass is 267 g/mol. The molecule has 0 atom stereocenters. The van der Waals surface area contributed by atoms with E-state index >= 15 is 0 Å². The number of rotatable bonds is 8. The molecule has 0 fully saturated rings. The normalized spacial score (nSPS) is 9.95. The lowest BCUT2D eigenvalue weighted by Crippen LogP contribution is -2.30. The molecule has 0 saturated heterocycles. The molecule has 0 aliphatic carbocycles. The van der Waals surface area contributed by atoms with Gasteiger partial charge in [0.05, 0.1) is 5.56 Å². The number of methoxy groups -OCH3 is 1. The number of nitrogens with one attached hydrogen (secondary N) is 1. The molecular weight excluding hydrogens is 250 g/mol. The van der Waals surface area contributed by atoms with Crippen molar-refractivity contribution in [2.75, 3.05) is 26.9 Å². The lowest BCUT2D eigenvalue weighted by atomic mass is 10.2. The molecule has 0 aliphatic heterocycles. The van der Waals surface area contributed by atoms with Crippen molar-refractivity contribution in [3.8, 4) is 5.75 Å². The predicted octanol–water partition coefficient (Wildman–Crippen LogP) is 0.916. The fourth-order valence-electron chi connectivity index (χ4n) is 1.36. The van der Waals surface area contributed by atoms with Gasteiger partial charge in [-0.3, -0.25) is 4.79 Å². The molecule has 0 spiro atoms. The Morgan fingerprint density at radius 2 is 2.16 bits per heavy atom. The molecule has 1 amide bonds. The summed E-state index contributed by atoms with van der Waals surface area (Å²) in [6.07, 6.45) is 0.733. The van der Waals surface area contributed by atoms with Crippen molar-refractivity contribution in [1.29, 1.82) is 0 Å². The highest BCUT2D eigenvalue weighted by molar-refractivity contribution is 5.88. The Morgan fingerprint density at radius 1 is 1.37 bits per heavy atom. The summed E-state index contributed by atoms with van der Waals surface area (Å²) in [7, 11) is 1.60. The van der Waals surface area contributed by atoms with Gasteiger partial charge in [-0.05, 0) is 24.6 Å². The van der Waals surface area contributed by atoms with E-state index in [4.69, 9.17) is 14.6 Å². The summed E-state index contributed by atoms with van der Waals surface area (Å²) in [5, 5.41) is 11.5. The third-order valence-electron chi connectivity index (χ3n) is 2.30. The van der Waals surface area contributed by atoms with Crippen molar-refractivity contribution in [2.45, 2.75) is 6.42 Å². The van der Waals surface area contributed by atoms with Crippen LogP contribution in [0.2, 0.25) is 0 Å². The van der Waals surface area contributed by atoms with Crippen LogP contribution in [0.1, 0.15) is 16.8 Å². The molecule has 0 heterocycles. The molecular formula is C13H17NO5. The van der Waals surface area contributed by atoms with Crippen LogP contribution >= 0.6 is 0 Å². The van der Waals surface area contributed by atoms with Crippen molar-refractivity contribution in [3.63, 3.8) is 0 Å². The van der Waals surface area contributed by atoms with Crippen LogP contribution in [-0.4, -0.2) is 43.9 Å². The third-order valence-corrected chi connectivity index (χ3v) is 2.30. The minimum Gasteiger partial charge on any atom is -0.484 e. The number of amides is 1. The number of carboxylic acids is 1. The maximum atomic E-state index is 11.4. The maximum absolute atomic E-state index is 11.4. The first-order valence-electron chi connectivity index (χ1n) is 5.85. The van der Waals surface area contributed by atoms with E-state index in [-0.39, 0.29) is 18.1 Å².